The molecule has 6 rings (SSSR count). The molecular weight excluding hydrogens is 507 g/mol. The van der Waals surface area contributed by atoms with Gasteiger partial charge in [0.25, 0.3) is 0 Å². The summed E-state index contributed by atoms with van der Waals surface area (Å²) in [5.74, 6) is 1.27. The molecule has 0 unspecified atom stereocenters. The molecule has 3 aromatic carbocycles. The zero-order chi connectivity index (χ0) is 25.6. The summed E-state index contributed by atoms with van der Waals surface area (Å²) in [6, 6.07) is 18.1. The van der Waals surface area contributed by atoms with E-state index in [9.17, 15) is 18.0 Å². The standard InChI is InChI=1S/C26H20F3N3O4S/c27-26(28,29)18-6-2-4-8-20(18)31-25(33)36-37-32-12-11-17-16-5-1-3-7-19(16)30-23(17)24(32)15-9-10-21-22(13-15)35-14-34-21/h1-10,13,24,30H,11-12,14H2,(H,31,33)/t24-/m1/s1. The van der Waals surface area contributed by atoms with E-state index in [2.05, 4.69) is 16.4 Å². The lowest BCUT2D eigenvalue weighted by Crippen LogP contribution is -2.32. The average molecular weight is 528 g/mol. The third-order valence-corrected chi connectivity index (χ3v) is 7.19. The Morgan fingerprint density at radius 3 is 2.70 bits per heavy atom. The monoisotopic (exact) mass is 527 g/mol. The van der Waals surface area contributed by atoms with Crippen molar-refractivity contribution in [1.82, 2.24) is 9.29 Å². The number of benzene rings is 3. The molecular formula is C26H20F3N3O4S. The van der Waals surface area contributed by atoms with Crippen molar-refractivity contribution in [2.75, 3.05) is 18.7 Å². The Bertz CT molecular complexity index is 1490. The van der Waals surface area contributed by atoms with Crippen LogP contribution in [0.3, 0.4) is 0 Å². The van der Waals surface area contributed by atoms with E-state index < -0.39 is 17.8 Å². The smallest absolute Gasteiger partial charge is 0.425 e. The number of alkyl halides is 3. The second-order valence-corrected chi connectivity index (χ2v) is 9.37. The molecule has 2 N–H and O–H groups in total. The molecule has 0 saturated heterocycles. The molecule has 2 aliphatic rings. The van der Waals surface area contributed by atoms with E-state index in [0.29, 0.717) is 24.5 Å². The lowest BCUT2D eigenvalue weighted by molar-refractivity contribution is -0.136. The van der Waals surface area contributed by atoms with Crippen LogP contribution in [0.2, 0.25) is 0 Å². The summed E-state index contributed by atoms with van der Waals surface area (Å²) in [6.45, 7) is 0.674. The molecule has 3 heterocycles. The number of aromatic amines is 1. The Morgan fingerprint density at radius 1 is 1.05 bits per heavy atom. The van der Waals surface area contributed by atoms with Gasteiger partial charge in [0.1, 0.15) is 0 Å². The van der Waals surface area contributed by atoms with E-state index in [1.165, 1.54) is 23.8 Å². The van der Waals surface area contributed by atoms with Gasteiger partial charge in [-0.05, 0) is 47.9 Å². The third kappa shape index (κ3) is 4.44. The van der Waals surface area contributed by atoms with Gasteiger partial charge in [0.05, 0.1) is 17.3 Å². The maximum absolute atomic E-state index is 13.3. The number of H-pyrrole nitrogens is 1. The van der Waals surface area contributed by atoms with E-state index >= 15 is 0 Å². The summed E-state index contributed by atoms with van der Waals surface area (Å²) >= 11 is 0.796. The summed E-state index contributed by atoms with van der Waals surface area (Å²) in [5.41, 5.74) is 2.67. The number of carbonyl (C=O) groups excluding carboxylic acids is 1. The fourth-order valence-electron chi connectivity index (χ4n) is 4.77. The van der Waals surface area contributed by atoms with E-state index in [4.69, 9.17) is 13.7 Å². The van der Waals surface area contributed by atoms with Gasteiger partial charge in [-0.25, -0.2) is 9.10 Å². The van der Waals surface area contributed by atoms with Gasteiger partial charge in [-0.15, -0.1) is 0 Å². The summed E-state index contributed by atoms with van der Waals surface area (Å²) < 4.78 is 58.2. The summed E-state index contributed by atoms with van der Waals surface area (Å²) in [4.78, 5) is 16.0. The minimum Gasteiger partial charge on any atom is -0.454 e. The number of hydrogen-bond acceptors (Lipinski definition) is 6. The van der Waals surface area contributed by atoms with Crippen LogP contribution in [0.4, 0.5) is 23.7 Å². The summed E-state index contributed by atoms with van der Waals surface area (Å²) in [7, 11) is 0. The number of anilines is 1. The van der Waals surface area contributed by atoms with Crippen molar-refractivity contribution in [3.8, 4) is 11.5 Å². The first-order valence-corrected chi connectivity index (χ1v) is 12.2. The fourth-order valence-corrected chi connectivity index (χ4v) is 5.45. The van der Waals surface area contributed by atoms with Crippen molar-refractivity contribution in [2.45, 2.75) is 18.6 Å². The highest BCUT2D eigenvalue weighted by Gasteiger charge is 2.36. The molecule has 0 bridgehead atoms. The van der Waals surface area contributed by atoms with Gasteiger partial charge in [0, 0.05) is 23.1 Å². The minimum absolute atomic E-state index is 0.141. The third-order valence-electron chi connectivity index (χ3n) is 6.38. The molecule has 0 fully saturated rings. The number of amides is 1. The largest absolute Gasteiger partial charge is 0.454 e. The topological polar surface area (TPSA) is 75.8 Å². The molecule has 0 saturated carbocycles. The summed E-state index contributed by atoms with van der Waals surface area (Å²) in [5, 5.41) is 3.33. The first-order valence-electron chi connectivity index (χ1n) is 11.5. The van der Waals surface area contributed by atoms with Crippen molar-refractivity contribution >= 4 is 34.9 Å². The number of fused-ring (bicyclic) bond motifs is 4. The molecule has 7 nitrogen and oxygen atoms in total. The van der Waals surface area contributed by atoms with Crippen molar-refractivity contribution < 1.29 is 31.6 Å². The number of carbonyl (C=O) groups is 1. The molecule has 11 heteroatoms. The molecule has 190 valence electrons. The number of aromatic nitrogens is 1. The molecule has 1 atom stereocenters. The Labute approximate surface area is 213 Å². The van der Waals surface area contributed by atoms with Crippen LogP contribution < -0.4 is 14.8 Å². The highest BCUT2D eigenvalue weighted by atomic mass is 32.2. The fraction of sp³-hybridized carbons (Fsp3) is 0.192. The van der Waals surface area contributed by atoms with Crippen LogP contribution in [-0.4, -0.2) is 28.7 Å². The predicted molar refractivity (Wildman–Crippen MR) is 132 cm³/mol. The number of rotatable bonds is 4. The van der Waals surface area contributed by atoms with E-state index in [0.717, 1.165) is 40.5 Å². The SMILES string of the molecule is O=C(Nc1ccccc1C(F)(F)F)OSN1CCc2c([nH]c3ccccc23)[C@H]1c1ccc2c(c1)OCO2. The number of hydrogen-bond donors (Lipinski definition) is 2. The van der Waals surface area contributed by atoms with Crippen molar-refractivity contribution in [2.24, 2.45) is 0 Å². The highest BCUT2D eigenvalue weighted by Crippen LogP contribution is 2.44. The lowest BCUT2D eigenvalue weighted by atomic mass is 9.94. The van der Waals surface area contributed by atoms with Gasteiger partial charge >= 0.3 is 12.3 Å². The van der Waals surface area contributed by atoms with Crippen LogP contribution in [0, 0.1) is 0 Å². The van der Waals surface area contributed by atoms with Crippen molar-refractivity contribution in [3.05, 3.63) is 89.1 Å². The minimum atomic E-state index is -4.61. The maximum atomic E-state index is 13.3. The zero-order valence-electron chi connectivity index (χ0n) is 19.2. The number of nitrogens with zero attached hydrogens (tertiary/aromatic N) is 1. The van der Waals surface area contributed by atoms with Crippen LogP contribution in [0.5, 0.6) is 11.5 Å². The Hall–Kier alpha value is -3.83. The number of nitrogens with one attached hydrogen (secondary N) is 2. The molecule has 0 spiro atoms. The second-order valence-electron chi connectivity index (χ2n) is 8.58. The van der Waals surface area contributed by atoms with E-state index in [-0.39, 0.29) is 18.5 Å². The maximum Gasteiger partial charge on any atom is 0.425 e. The van der Waals surface area contributed by atoms with Crippen molar-refractivity contribution in [1.29, 1.82) is 0 Å². The van der Waals surface area contributed by atoms with Gasteiger partial charge < -0.3 is 18.6 Å². The van der Waals surface area contributed by atoms with E-state index in [1.54, 1.807) is 0 Å². The van der Waals surface area contributed by atoms with Crippen LogP contribution in [0.25, 0.3) is 10.9 Å². The zero-order valence-corrected chi connectivity index (χ0v) is 20.0. The molecule has 37 heavy (non-hydrogen) atoms. The van der Waals surface area contributed by atoms with Gasteiger partial charge in [-0.1, -0.05) is 36.4 Å². The van der Waals surface area contributed by atoms with Crippen LogP contribution in [-0.2, 0) is 16.8 Å². The van der Waals surface area contributed by atoms with Crippen molar-refractivity contribution in [3.63, 3.8) is 0 Å². The average Bonchev–Trinajstić information content (AvgIpc) is 3.51. The Kier molecular flexibility index (Phi) is 5.88. The van der Waals surface area contributed by atoms with Gasteiger partial charge in [0.2, 0.25) is 6.79 Å². The molecule has 2 aliphatic heterocycles. The molecule has 1 amide bonds. The molecule has 0 aliphatic carbocycles. The summed E-state index contributed by atoms with van der Waals surface area (Å²) in [6.07, 6.45) is -4.93. The Balaban J connectivity index is 1.28. The normalized spacial score (nSPS) is 17.0. The molecule has 1 aromatic heterocycles. The lowest BCUT2D eigenvalue weighted by Gasteiger charge is -2.33. The first kappa shape index (κ1) is 23.6. The van der Waals surface area contributed by atoms with Gasteiger partial charge in [-0.2, -0.15) is 13.2 Å². The highest BCUT2D eigenvalue weighted by molar-refractivity contribution is 7.92. The second kappa shape index (κ2) is 9.24. The first-order chi connectivity index (χ1) is 17.9. The quantitative estimate of drug-likeness (QED) is 0.228. The molecule has 4 aromatic rings. The van der Waals surface area contributed by atoms with Crippen LogP contribution in [0.15, 0.2) is 66.7 Å². The van der Waals surface area contributed by atoms with E-state index in [1.807, 2.05) is 40.7 Å². The molecule has 0 radical (unpaired) electrons. The number of para-hydroxylation sites is 2. The van der Waals surface area contributed by atoms with Gasteiger partial charge in [0.15, 0.2) is 23.7 Å². The number of halogens is 3. The number of ether oxygens (including phenoxy) is 2. The Morgan fingerprint density at radius 2 is 1.84 bits per heavy atom. The van der Waals surface area contributed by atoms with Crippen LogP contribution in [0.1, 0.15) is 28.4 Å². The van der Waals surface area contributed by atoms with Gasteiger partial charge in [-0.3, -0.25) is 5.32 Å². The predicted octanol–water partition coefficient (Wildman–Crippen LogP) is 6.67. The van der Waals surface area contributed by atoms with Crippen LogP contribution >= 0.6 is 12.2 Å².